The van der Waals surface area contributed by atoms with E-state index in [-0.39, 0.29) is 0 Å². The van der Waals surface area contributed by atoms with E-state index in [1.165, 1.54) is 0 Å². The third-order valence-corrected chi connectivity index (χ3v) is 2.27. The van der Waals surface area contributed by atoms with Crippen molar-refractivity contribution in [1.82, 2.24) is 9.71 Å². The van der Waals surface area contributed by atoms with Gasteiger partial charge in [0, 0.05) is 36.6 Å². The number of fused-ring (bicyclic) bond motifs is 1. The first-order chi connectivity index (χ1) is 7.29. The molecule has 0 aliphatic carbocycles. The number of hydrogen-bond donors (Lipinski definition) is 1. The largest absolute Gasteiger partial charge is 0.428 e. The summed E-state index contributed by atoms with van der Waals surface area (Å²) in [5.41, 5.74) is 2.16. The van der Waals surface area contributed by atoms with E-state index in [1.54, 1.807) is 37.8 Å². The van der Waals surface area contributed by atoms with Crippen LogP contribution in [0.5, 0.6) is 0 Å². The summed E-state index contributed by atoms with van der Waals surface area (Å²) in [6.45, 7) is 3.67. The second-order valence-electron chi connectivity index (χ2n) is 3.09. The topological polar surface area (TPSA) is 50.4 Å². The number of pyridine rings is 1. The van der Waals surface area contributed by atoms with Crippen molar-refractivity contribution in [2.45, 2.75) is 0 Å². The van der Waals surface area contributed by atoms with E-state index in [1.807, 2.05) is 0 Å². The van der Waals surface area contributed by atoms with Crippen molar-refractivity contribution in [3.8, 4) is 0 Å². The molecule has 0 fully saturated rings. The second kappa shape index (κ2) is 3.57. The zero-order valence-electron chi connectivity index (χ0n) is 8.38. The summed E-state index contributed by atoms with van der Waals surface area (Å²) in [7, 11) is 1.68. The third kappa shape index (κ3) is 1.30. The van der Waals surface area contributed by atoms with Gasteiger partial charge in [-0.15, -0.1) is 0 Å². The van der Waals surface area contributed by atoms with Gasteiger partial charge in [-0.3, -0.25) is 9.98 Å². The van der Waals surface area contributed by atoms with Crippen LogP contribution in [-0.4, -0.2) is 28.2 Å². The molecule has 2 aromatic rings. The number of nitrogens with zero attached hydrogens (tertiary/aromatic N) is 3. The minimum absolute atomic E-state index is 0.628. The van der Waals surface area contributed by atoms with Crippen LogP contribution in [-0.2, 0) is 0 Å². The van der Waals surface area contributed by atoms with Gasteiger partial charge in [-0.1, -0.05) is 6.58 Å². The quantitative estimate of drug-likeness (QED) is 0.596. The Labute approximate surface area is 87.2 Å². The number of hydrogen-bond acceptors (Lipinski definition) is 3. The Kier molecular flexibility index (Phi) is 2.25. The van der Waals surface area contributed by atoms with Crippen LogP contribution in [0.4, 0.5) is 0 Å². The standard InChI is InChI=1S/C11H11N3O/c1-3-10-8(6-12-2)9-7-13-5-4-11(9)14(10)15/h3-7,15H,1H2,2H3. The van der Waals surface area contributed by atoms with Gasteiger partial charge in [-0.05, 0) is 12.1 Å². The Morgan fingerprint density at radius 1 is 1.60 bits per heavy atom. The maximum Gasteiger partial charge on any atom is 0.0910 e. The van der Waals surface area contributed by atoms with E-state index in [4.69, 9.17) is 0 Å². The first kappa shape index (κ1) is 9.45. The molecule has 15 heavy (non-hydrogen) atoms. The molecule has 0 aromatic carbocycles. The molecule has 0 radical (unpaired) electrons. The predicted molar refractivity (Wildman–Crippen MR) is 60.5 cm³/mol. The highest BCUT2D eigenvalue weighted by Crippen LogP contribution is 2.23. The molecule has 2 aromatic heterocycles. The Morgan fingerprint density at radius 3 is 3.07 bits per heavy atom. The van der Waals surface area contributed by atoms with Crippen LogP contribution in [0.1, 0.15) is 11.3 Å². The van der Waals surface area contributed by atoms with Gasteiger partial charge in [0.25, 0.3) is 0 Å². The minimum Gasteiger partial charge on any atom is -0.428 e. The van der Waals surface area contributed by atoms with Crippen molar-refractivity contribution < 1.29 is 5.21 Å². The fourth-order valence-corrected chi connectivity index (χ4v) is 1.62. The number of rotatable bonds is 2. The van der Waals surface area contributed by atoms with Gasteiger partial charge >= 0.3 is 0 Å². The average Bonchev–Trinajstić information content (AvgIpc) is 2.54. The highest BCUT2D eigenvalue weighted by atomic mass is 16.5. The Morgan fingerprint density at radius 2 is 2.40 bits per heavy atom. The summed E-state index contributed by atoms with van der Waals surface area (Å²) in [6.07, 6.45) is 6.62. The molecular weight excluding hydrogens is 190 g/mol. The van der Waals surface area contributed by atoms with Gasteiger partial charge < -0.3 is 5.21 Å². The predicted octanol–water partition coefficient (Wildman–Crippen LogP) is 1.97. The van der Waals surface area contributed by atoms with Gasteiger partial charge in [0.15, 0.2) is 0 Å². The van der Waals surface area contributed by atoms with Crippen molar-refractivity contribution in [3.05, 3.63) is 36.3 Å². The molecule has 0 aliphatic heterocycles. The lowest BCUT2D eigenvalue weighted by molar-refractivity contribution is 0.198. The molecule has 0 spiro atoms. The summed E-state index contributed by atoms with van der Waals surface area (Å²) in [4.78, 5) is 7.98. The molecule has 1 N–H and O–H groups in total. The number of aliphatic imine (C=N–C) groups is 1. The van der Waals surface area contributed by atoms with Crippen molar-refractivity contribution in [3.63, 3.8) is 0 Å². The van der Waals surface area contributed by atoms with Crippen molar-refractivity contribution in [2.24, 2.45) is 4.99 Å². The summed E-state index contributed by atoms with van der Waals surface area (Å²) in [6, 6.07) is 1.75. The molecule has 0 amide bonds. The molecule has 0 saturated heterocycles. The first-order valence-corrected chi connectivity index (χ1v) is 4.52. The monoisotopic (exact) mass is 201 g/mol. The molecule has 0 atom stereocenters. The number of aromatic nitrogens is 2. The van der Waals surface area contributed by atoms with Crippen LogP contribution < -0.4 is 0 Å². The van der Waals surface area contributed by atoms with Gasteiger partial charge in [-0.2, -0.15) is 4.73 Å². The summed E-state index contributed by atoms with van der Waals surface area (Å²) < 4.78 is 1.10. The molecular formula is C11H11N3O. The smallest absolute Gasteiger partial charge is 0.0910 e. The fourth-order valence-electron chi connectivity index (χ4n) is 1.62. The fraction of sp³-hybridized carbons (Fsp3) is 0.0909. The van der Waals surface area contributed by atoms with Gasteiger partial charge in [0.2, 0.25) is 0 Å². The molecule has 0 aliphatic rings. The highest BCUT2D eigenvalue weighted by Gasteiger charge is 2.12. The van der Waals surface area contributed by atoms with Crippen LogP contribution in [0.3, 0.4) is 0 Å². The summed E-state index contributed by atoms with van der Waals surface area (Å²) in [5, 5.41) is 10.7. The third-order valence-electron chi connectivity index (χ3n) is 2.27. The van der Waals surface area contributed by atoms with Crippen molar-refractivity contribution >= 4 is 23.2 Å². The molecule has 76 valence electrons. The van der Waals surface area contributed by atoms with Crippen LogP contribution in [0, 0.1) is 0 Å². The Bertz CT molecular complexity index is 540. The lowest BCUT2D eigenvalue weighted by Gasteiger charge is -1.96. The van der Waals surface area contributed by atoms with Crippen LogP contribution in [0.2, 0.25) is 0 Å². The highest BCUT2D eigenvalue weighted by molar-refractivity contribution is 6.02. The maximum absolute atomic E-state index is 9.85. The van der Waals surface area contributed by atoms with E-state index in [9.17, 15) is 5.21 Å². The molecule has 4 nitrogen and oxygen atoms in total. The lowest BCUT2D eigenvalue weighted by atomic mass is 10.2. The van der Waals surface area contributed by atoms with E-state index in [0.717, 1.165) is 15.7 Å². The lowest BCUT2D eigenvalue weighted by Crippen LogP contribution is -1.93. The summed E-state index contributed by atoms with van der Waals surface area (Å²) >= 11 is 0. The van der Waals surface area contributed by atoms with Crippen molar-refractivity contribution in [1.29, 1.82) is 0 Å². The van der Waals surface area contributed by atoms with E-state index < -0.39 is 0 Å². The molecule has 4 heteroatoms. The Hall–Kier alpha value is -2.10. The molecule has 0 unspecified atom stereocenters. The van der Waals surface area contributed by atoms with Gasteiger partial charge in [0.05, 0.1) is 11.2 Å². The van der Waals surface area contributed by atoms with Crippen LogP contribution in [0.25, 0.3) is 17.0 Å². The SMILES string of the molecule is C=Cc1c(C=NC)c2cnccc2n1O. The van der Waals surface area contributed by atoms with Crippen LogP contribution >= 0.6 is 0 Å². The van der Waals surface area contributed by atoms with Gasteiger partial charge in [0.1, 0.15) is 0 Å². The van der Waals surface area contributed by atoms with E-state index >= 15 is 0 Å². The zero-order chi connectivity index (χ0) is 10.8. The van der Waals surface area contributed by atoms with E-state index in [2.05, 4.69) is 16.6 Å². The normalized spacial score (nSPS) is 11.3. The van der Waals surface area contributed by atoms with Crippen molar-refractivity contribution in [2.75, 3.05) is 7.05 Å². The molecule has 0 saturated carbocycles. The Balaban J connectivity index is 2.90. The summed E-state index contributed by atoms with van der Waals surface area (Å²) in [5.74, 6) is 0. The molecule has 0 bridgehead atoms. The van der Waals surface area contributed by atoms with E-state index in [0.29, 0.717) is 11.2 Å². The molecule has 2 rings (SSSR count). The van der Waals surface area contributed by atoms with Gasteiger partial charge in [-0.25, -0.2) is 0 Å². The second-order valence-corrected chi connectivity index (χ2v) is 3.09. The first-order valence-electron chi connectivity index (χ1n) is 4.52. The minimum atomic E-state index is 0.628. The zero-order valence-corrected chi connectivity index (χ0v) is 8.38. The molecule has 2 heterocycles. The van der Waals surface area contributed by atoms with Crippen LogP contribution in [0.15, 0.2) is 30.0 Å². The average molecular weight is 201 g/mol. The maximum atomic E-state index is 9.85.